The summed E-state index contributed by atoms with van der Waals surface area (Å²) in [6, 6.07) is 10.9. The van der Waals surface area contributed by atoms with Crippen molar-refractivity contribution >= 4 is 55.7 Å². The van der Waals surface area contributed by atoms with E-state index in [0.717, 1.165) is 10.3 Å². The van der Waals surface area contributed by atoms with Crippen LogP contribution in [-0.4, -0.2) is 41.0 Å². The summed E-state index contributed by atoms with van der Waals surface area (Å²) in [6.07, 6.45) is 3.14. The van der Waals surface area contributed by atoms with E-state index in [1.165, 1.54) is 30.5 Å². The van der Waals surface area contributed by atoms with Gasteiger partial charge in [-0.2, -0.15) is 0 Å². The van der Waals surface area contributed by atoms with Gasteiger partial charge in [-0.25, -0.2) is 4.98 Å². The Morgan fingerprint density at radius 3 is 2.64 bits per heavy atom. The fourth-order valence-corrected chi connectivity index (χ4v) is 5.39. The highest BCUT2D eigenvalue weighted by Gasteiger charge is 2.48. The Kier molecular flexibility index (Phi) is 6.11. The summed E-state index contributed by atoms with van der Waals surface area (Å²) < 4.78 is 11.5. The molecule has 8 nitrogen and oxygen atoms in total. The zero-order valence-electron chi connectivity index (χ0n) is 19.5. The second kappa shape index (κ2) is 9.25. The Balaban J connectivity index is 1.73. The van der Waals surface area contributed by atoms with Gasteiger partial charge in [0.2, 0.25) is 0 Å². The average Bonchev–Trinajstić information content (AvgIpc) is 3.41. The zero-order valence-corrected chi connectivity index (χ0v) is 21.1. The smallest absolute Gasteiger partial charge is 0.301 e. The first-order chi connectivity index (χ1) is 17.3. The highest BCUT2D eigenvalue weighted by molar-refractivity contribution is 7.22. The van der Waals surface area contributed by atoms with Gasteiger partial charge in [-0.1, -0.05) is 29.0 Å². The molecular weight excluding hydrogens is 502 g/mol. The molecular formula is C26H20ClN3O5S. The van der Waals surface area contributed by atoms with Crippen LogP contribution in [0.5, 0.6) is 11.5 Å². The van der Waals surface area contributed by atoms with Gasteiger partial charge in [0.15, 0.2) is 5.13 Å². The van der Waals surface area contributed by atoms with Crippen molar-refractivity contribution in [3.8, 4) is 11.5 Å². The molecule has 1 atom stereocenters. The predicted molar refractivity (Wildman–Crippen MR) is 138 cm³/mol. The van der Waals surface area contributed by atoms with Crippen LogP contribution in [0, 0.1) is 6.92 Å². The van der Waals surface area contributed by atoms with E-state index in [4.69, 9.17) is 21.1 Å². The van der Waals surface area contributed by atoms with Crippen molar-refractivity contribution in [2.24, 2.45) is 0 Å². The van der Waals surface area contributed by atoms with Gasteiger partial charge < -0.3 is 14.6 Å². The Labute approximate surface area is 215 Å². The number of ketones is 1. The molecule has 3 heterocycles. The summed E-state index contributed by atoms with van der Waals surface area (Å²) in [5.74, 6) is -1.22. The van der Waals surface area contributed by atoms with Crippen molar-refractivity contribution in [1.29, 1.82) is 0 Å². The number of benzene rings is 2. The number of anilines is 1. The lowest BCUT2D eigenvalue weighted by molar-refractivity contribution is -0.132. The quantitative estimate of drug-likeness (QED) is 0.216. The number of fused-ring (bicyclic) bond motifs is 1. The second-order valence-electron chi connectivity index (χ2n) is 8.09. The number of pyridine rings is 1. The first-order valence-corrected chi connectivity index (χ1v) is 12.0. The summed E-state index contributed by atoms with van der Waals surface area (Å²) in [6.45, 7) is 1.88. The van der Waals surface area contributed by atoms with Crippen molar-refractivity contribution < 1.29 is 24.2 Å². The van der Waals surface area contributed by atoms with Gasteiger partial charge in [0.1, 0.15) is 17.3 Å². The highest BCUT2D eigenvalue weighted by atomic mass is 35.5. The van der Waals surface area contributed by atoms with Gasteiger partial charge in [0.05, 0.1) is 41.6 Å². The first-order valence-electron chi connectivity index (χ1n) is 10.8. The van der Waals surface area contributed by atoms with Crippen LogP contribution in [0.2, 0.25) is 5.02 Å². The molecule has 1 aliphatic heterocycles. The molecule has 1 saturated heterocycles. The lowest BCUT2D eigenvalue weighted by atomic mass is 9.96. The van der Waals surface area contributed by atoms with Crippen LogP contribution in [0.4, 0.5) is 5.13 Å². The SMILES string of the molecule is COc1ccc(/C(O)=C2\C(=O)C(=O)N(c3nc4cc(Cl)c(C)cc4s3)C2c2cccnc2)c(OC)c1. The van der Waals surface area contributed by atoms with Gasteiger partial charge in [0, 0.05) is 23.5 Å². The van der Waals surface area contributed by atoms with E-state index in [-0.39, 0.29) is 22.6 Å². The van der Waals surface area contributed by atoms with Crippen LogP contribution < -0.4 is 14.4 Å². The molecule has 182 valence electrons. The van der Waals surface area contributed by atoms with Crippen molar-refractivity contribution in [3.63, 3.8) is 0 Å². The topological polar surface area (TPSA) is 102 Å². The molecule has 0 aliphatic carbocycles. The summed E-state index contributed by atoms with van der Waals surface area (Å²) in [7, 11) is 2.95. The number of carbonyl (C=O) groups is 2. The lowest BCUT2D eigenvalue weighted by Gasteiger charge is -2.22. The van der Waals surface area contributed by atoms with Crippen LogP contribution in [0.3, 0.4) is 0 Å². The third kappa shape index (κ3) is 3.86. The molecule has 0 bridgehead atoms. The number of thiazole rings is 1. The number of nitrogens with zero attached hydrogens (tertiary/aromatic N) is 3. The minimum absolute atomic E-state index is 0.0927. The van der Waals surface area contributed by atoms with Crippen molar-refractivity contribution in [3.05, 3.63) is 82.1 Å². The Morgan fingerprint density at radius 2 is 1.94 bits per heavy atom. The zero-order chi connectivity index (χ0) is 25.6. The fourth-order valence-electron chi connectivity index (χ4n) is 4.16. The second-order valence-corrected chi connectivity index (χ2v) is 9.50. The third-order valence-electron chi connectivity index (χ3n) is 5.97. The molecule has 0 saturated carbocycles. The lowest BCUT2D eigenvalue weighted by Crippen LogP contribution is -2.29. The number of Topliss-reactive ketones (excluding diaryl/α,β-unsaturated/α-hetero) is 1. The molecule has 2 aromatic heterocycles. The number of halogens is 1. The van der Waals surface area contributed by atoms with Gasteiger partial charge in [-0.15, -0.1) is 0 Å². The molecule has 10 heteroatoms. The van der Waals surface area contributed by atoms with Crippen molar-refractivity contribution in [2.45, 2.75) is 13.0 Å². The molecule has 2 aromatic carbocycles. The van der Waals surface area contributed by atoms with Crippen LogP contribution in [0.25, 0.3) is 16.0 Å². The summed E-state index contributed by atoms with van der Waals surface area (Å²) in [5.41, 5.74) is 2.17. The minimum Gasteiger partial charge on any atom is -0.507 e. The molecule has 1 N–H and O–H groups in total. The molecule has 1 amide bonds. The number of hydrogen-bond donors (Lipinski definition) is 1. The molecule has 0 spiro atoms. The minimum atomic E-state index is -0.956. The van der Waals surface area contributed by atoms with Gasteiger partial charge in [-0.3, -0.25) is 19.5 Å². The number of aryl methyl sites for hydroxylation is 1. The number of rotatable bonds is 5. The maximum atomic E-state index is 13.4. The van der Waals surface area contributed by atoms with Gasteiger partial charge >= 0.3 is 5.91 Å². The largest absolute Gasteiger partial charge is 0.507 e. The van der Waals surface area contributed by atoms with Crippen LogP contribution in [0.1, 0.15) is 22.7 Å². The molecule has 1 aliphatic rings. The van der Waals surface area contributed by atoms with E-state index in [0.29, 0.717) is 27.0 Å². The molecule has 1 fully saturated rings. The number of ether oxygens (including phenoxy) is 2. The maximum absolute atomic E-state index is 13.4. The summed E-state index contributed by atoms with van der Waals surface area (Å²) >= 11 is 7.54. The van der Waals surface area contributed by atoms with Crippen LogP contribution in [-0.2, 0) is 9.59 Å². The number of hydrogen-bond acceptors (Lipinski definition) is 8. The van der Waals surface area contributed by atoms with E-state index in [1.807, 2.05) is 13.0 Å². The molecule has 0 radical (unpaired) electrons. The number of carbonyl (C=O) groups excluding carboxylic acids is 2. The number of amides is 1. The fraction of sp³-hybridized carbons (Fsp3) is 0.154. The normalized spacial score (nSPS) is 17.1. The summed E-state index contributed by atoms with van der Waals surface area (Å²) in [4.78, 5) is 36.9. The molecule has 4 aromatic rings. The Bertz CT molecular complexity index is 1510. The predicted octanol–water partition coefficient (Wildman–Crippen LogP) is 5.30. The molecule has 5 rings (SSSR count). The number of methoxy groups -OCH3 is 2. The van der Waals surface area contributed by atoms with Gasteiger partial charge in [0.25, 0.3) is 5.78 Å². The van der Waals surface area contributed by atoms with E-state index < -0.39 is 17.7 Å². The standard InChI is InChI=1S/C26H20ClN3O5S/c1-13-9-20-18(11-17(13)27)29-26(36-20)30-22(14-5-4-8-28-12-14)21(24(32)25(30)33)23(31)16-7-6-15(34-2)10-19(16)35-3/h4-12,22,31H,1-3H3/b23-21+. The van der Waals surface area contributed by atoms with E-state index in [1.54, 1.807) is 48.8 Å². The van der Waals surface area contributed by atoms with Crippen LogP contribution >= 0.6 is 22.9 Å². The highest BCUT2D eigenvalue weighted by Crippen LogP contribution is 2.45. The number of aliphatic hydroxyl groups is 1. The number of aromatic nitrogens is 2. The van der Waals surface area contributed by atoms with E-state index in [9.17, 15) is 14.7 Å². The first kappa shape index (κ1) is 23.8. The molecule has 1 unspecified atom stereocenters. The average molecular weight is 522 g/mol. The maximum Gasteiger partial charge on any atom is 0.301 e. The van der Waals surface area contributed by atoms with E-state index >= 15 is 0 Å². The Morgan fingerprint density at radius 1 is 1.14 bits per heavy atom. The monoisotopic (exact) mass is 521 g/mol. The van der Waals surface area contributed by atoms with Crippen molar-refractivity contribution in [2.75, 3.05) is 19.1 Å². The van der Waals surface area contributed by atoms with Crippen molar-refractivity contribution in [1.82, 2.24) is 9.97 Å². The summed E-state index contributed by atoms with van der Waals surface area (Å²) in [5, 5.41) is 12.3. The van der Waals surface area contributed by atoms with E-state index in [2.05, 4.69) is 9.97 Å². The Hall–Kier alpha value is -3.95. The molecule has 36 heavy (non-hydrogen) atoms. The third-order valence-corrected chi connectivity index (χ3v) is 7.40. The number of aliphatic hydroxyl groups excluding tert-OH is 1. The van der Waals surface area contributed by atoms with Gasteiger partial charge in [-0.05, 0) is 48.4 Å². The van der Waals surface area contributed by atoms with Crippen LogP contribution in [0.15, 0.2) is 60.4 Å².